The van der Waals surface area contributed by atoms with Crippen LogP contribution in [0.4, 0.5) is 5.82 Å². The summed E-state index contributed by atoms with van der Waals surface area (Å²) in [6.45, 7) is 0.991. The summed E-state index contributed by atoms with van der Waals surface area (Å²) in [5, 5.41) is 10.6. The lowest BCUT2D eigenvalue weighted by atomic mass is 10.1. The van der Waals surface area contributed by atoms with Crippen molar-refractivity contribution in [2.24, 2.45) is 0 Å². The van der Waals surface area contributed by atoms with Crippen molar-refractivity contribution >= 4 is 5.82 Å². The molecule has 2 heterocycles. The second-order valence-electron chi connectivity index (χ2n) is 4.19. The van der Waals surface area contributed by atoms with Crippen LogP contribution in [-0.4, -0.2) is 23.9 Å². The molecule has 2 aromatic rings. The van der Waals surface area contributed by atoms with Crippen molar-refractivity contribution < 1.29 is 4.74 Å². The van der Waals surface area contributed by atoms with Gasteiger partial charge < -0.3 is 10.1 Å². The number of fused-ring (bicyclic) bond motifs is 1. The molecular weight excluding hydrogens is 214 g/mol. The molecule has 0 saturated heterocycles. The molecule has 1 aromatic carbocycles. The third kappa shape index (κ3) is 1.75. The predicted octanol–water partition coefficient (Wildman–Crippen LogP) is 1.98. The van der Waals surface area contributed by atoms with Crippen LogP contribution in [0.5, 0.6) is 5.75 Å². The van der Waals surface area contributed by atoms with Crippen molar-refractivity contribution in [2.45, 2.75) is 12.8 Å². The zero-order chi connectivity index (χ0) is 11.7. The molecule has 1 aliphatic heterocycles. The Balaban J connectivity index is 1.91. The zero-order valence-corrected chi connectivity index (χ0v) is 9.79. The van der Waals surface area contributed by atoms with Gasteiger partial charge in [-0.25, -0.2) is 0 Å². The summed E-state index contributed by atoms with van der Waals surface area (Å²) in [5.41, 5.74) is 3.69. The van der Waals surface area contributed by atoms with Gasteiger partial charge in [0, 0.05) is 29.8 Å². The van der Waals surface area contributed by atoms with Crippen molar-refractivity contribution in [3.63, 3.8) is 0 Å². The Morgan fingerprint density at radius 1 is 1.35 bits per heavy atom. The molecule has 0 spiro atoms. The third-order valence-corrected chi connectivity index (χ3v) is 3.18. The monoisotopic (exact) mass is 229 g/mol. The number of aromatic amines is 1. The topological polar surface area (TPSA) is 49.9 Å². The molecule has 1 aromatic heterocycles. The van der Waals surface area contributed by atoms with E-state index >= 15 is 0 Å². The van der Waals surface area contributed by atoms with Gasteiger partial charge in [-0.05, 0) is 12.5 Å². The summed E-state index contributed by atoms with van der Waals surface area (Å²) in [7, 11) is 1.71. The molecule has 3 rings (SSSR count). The third-order valence-electron chi connectivity index (χ3n) is 3.18. The number of nitrogens with zero attached hydrogens (tertiary/aromatic N) is 1. The van der Waals surface area contributed by atoms with Crippen molar-refractivity contribution in [3.8, 4) is 5.75 Å². The number of benzene rings is 1. The van der Waals surface area contributed by atoms with E-state index in [1.54, 1.807) is 7.11 Å². The Bertz CT molecular complexity index is 533. The van der Waals surface area contributed by atoms with Gasteiger partial charge in [0.2, 0.25) is 0 Å². The number of methoxy groups -OCH3 is 1. The number of para-hydroxylation sites is 1. The molecule has 88 valence electrons. The molecule has 0 aliphatic carbocycles. The van der Waals surface area contributed by atoms with Crippen molar-refractivity contribution in [2.75, 3.05) is 19.0 Å². The van der Waals surface area contributed by atoms with Gasteiger partial charge in [0.05, 0.1) is 7.11 Å². The quantitative estimate of drug-likeness (QED) is 0.846. The van der Waals surface area contributed by atoms with Crippen LogP contribution in [0.3, 0.4) is 0 Å². The Labute approximate surface area is 100 Å². The van der Waals surface area contributed by atoms with Crippen molar-refractivity contribution in [1.29, 1.82) is 0 Å². The van der Waals surface area contributed by atoms with Crippen LogP contribution in [0, 0.1) is 0 Å². The fourth-order valence-electron chi connectivity index (χ4n) is 2.31. The normalized spacial score (nSPS) is 13.2. The Morgan fingerprint density at radius 3 is 3.12 bits per heavy atom. The van der Waals surface area contributed by atoms with Gasteiger partial charge in [-0.15, -0.1) is 0 Å². The molecule has 0 saturated carbocycles. The van der Waals surface area contributed by atoms with Crippen molar-refractivity contribution in [1.82, 2.24) is 10.2 Å². The first-order valence-electron chi connectivity index (χ1n) is 5.80. The lowest BCUT2D eigenvalue weighted by Gasteiger charge is -2.07. The van der Waals surface area contributed by atoms with E-state index < -0.39 is 0 Å². The molecule has 0 atom stereocenters. The highest BCUT2D eigenvalue weighted by Crippen LogP contribution is 2.27. The Hall–Kier alpha value is -1.97. The average Bonchev–Trinajstić information content (AvgIpc) is 2.95. The van der Waals surface area contributed by atoms with Gasteiger partial charge in [-0.3, -0.25) is 5.10 Å². The highest BCUT2D eigenvalue weighted by atomic mass is 16.5. The van der Waals surface area contributed by atoms with E-state index in [0.717, 1.165) is 31.0 Å². The van der Waals surface area contributed by atoms with Gasteiger partial charge in [-0.1, -0.05) is 18.2 Å². The molecule has 4 nitrogen and oxygen atoms in total. The van der Waals surface area contributed by atoms with E-state index in [-0.39, 0.29) is 0 Å². The first-order chi connectivity index (χ1) is 8.38. The Kier molecular flexibility index (Phi) is 2.48. The van der Waals surface area contributed by atoms with Crippen LogP contribution in [-0.2, 0) is 12.8 Å². The van der Waals surface area contributed by atoms with Crippen LogP contribution in [0.25, 0.3) is 0 Å². The summed E-state index contributed by atoms with van der Waals surface area (Å²) in [6.07, 6.45) is 1.89. The second kappa shape index (κ2) is 4.13. The van der Waals surface area contributed by atoms with Gasteiger partial charge >= 0.3 is 0 Å². The number of anilines is 1. The number of ether oxygens (including phenoxy) is 1. The van der Waals surface area contributed by atoms with E-state index in [9.17, 15) is 0 Å². The predicted molar refractivity (Wildman–Crippen MR) is 66.6 cm³/mol. The smallest absolute Gasteiger partial charge is 0.151 e. The van der Waals surface area contributed by atoms with Crippen LogP contribution in [0.1, 0.15) is 16.8 Å². The summed E-state index contributed by atoms with van der Waals surface area (Å²) in [5.74, 6) is 1.94. The van der Waals surface area contributed by atoms with Gasteiger partial charge in [0.25, 0.3) is 0 Å². The SMILES string of the molecule is COc1ccccc1Cc1[nH]nc2c1CCN2. The summed E-state index contributed by atoms with van der Waals surface area (Å²) < 4.78 is 5.36. The maximum absolute atomic E-state index is 5.36. The van der Waals surface area contributed by atoms with E-state index in [4.69, 9.17) is 4.74 Å². The van der Waals surface area contributed by atoms with E-state index in [1.165, 1.54) is 16.8 Å². The molecule has 1 aliphatic rings. The number of hydrogen-bond donors (Lipinski definition) is 2. The average molecular weight is 229 g/mol. The number of rotatable bonds is 3. The van der Waals surface area contributed by atoms with Crippen LogP contribution in [0.2, 0.25) is 0 Å². The molecule has 17 heavy (non-hydrogen) atoms. The fraction of sp³-hybridized carbons (Fsp3) is 0.308. The summed E-state index contributed by atoms with van der Waals surface area (Å²) in [4.78, 5) is 0. The van der Waals surface area contributed by atoms with Gasteiger partial charge in [0.1, 0.15) is 5.75 Å². The van der Waals surface area contributed by atoms with E-state index in [2.05, 4.69) is 21.6 Å². The maximum atomic E-state index is 5.36. The number of H-pyrrole nitrogens is 1. The summed E-state index contributed by atoms with van der Waals surface area (Å²) >= 11 is 0. The lowest BCUT2D eigenvalue weighted by molar-refractivity contribution is 0.410. The molecule has 4 heteroatoms. The van der Waals surface area contributed by atoms with Crippen LogP contribution >= 0.6 is 0 Å². The first kappa shape index (κ1) is 10.2. The second-order valence-corrected chi connectivity index (χ2v) is 4.19. The fourth-order valence-corrected chi connectivity index (χ4v) is 2.31. The van der Waals surface area contributed by atoms with Gasteiger partial charge in [0.15, 0.2) is 5.82 Å². The number of nitrogens with one attached hydrogen (secondary N) is 2. The van der Waals surface area contributed by atoms with E-state index in [0.29, 0.717) is 0 Å². The molecule has 0 fully saturated rings. The highest BCUT2D eigenvalue weighted by Gasteiger charge is 2.18. The first-order valence-corrected chi connectivity index (χ1v) is 5.80. The molecule has 0 bridgehead atoms. The minimum absolute atomic E-state index is 0.841. The Morgan fingerprint density at radius 2 is 2.24 bits per heavy atom. The van der Waals surface area contributed by atoms with Crippen LogP contribution < -0.4 is 10.1 Å². The maximum Gasteiger partial charge on any atom is 0.151 e. The standard InChI is InChI=1S/C13H15N3O/c1-17-12-5-3-2-4-9(12)8-11-10-6-7-14-13(10)16-15-11/h2-5H,6-8H2,1H3,(H2,14,15,16). The van der Waals surface area contributed by atoms with Crippen molar-refractivity contribution in [3.05, 3.63) is 41.1 Å². The molecule has 0 amide bonds. The molecular formula is C13H15N3O. The van der Waals surface area contributed by atoms with Gasteiger partial charge in [-0.2, -0.15) is 5.10 Å². The van der Waals surface area contributed by atoms with Crippen LogP contribution in [0.15, 0.2) is 24.3 Å². The zero-order valence-electron chi connectivity index (χ0n) is 9.79. The lowest BCUT2D eigenvalue weighted by Crippen LogP contribution is -1.98. The number of aromatic nitrogens is 2. The molecule has 0 unspecified atom stereocenters. The molecule has 0 radical (unpaired) electrons. The number of hydrogen-bond acceptors (Lipinski definition) is 3. The highest BCUT2D eigenvalue weighted by molar-refractivity contribution is 5.52. The minimum Gasteiger partial charge on any atom is -0.496 e. The minimum atomic E-state index is 0.841. The molecule has 2 N–H and O–H groups in total. The largest absolute Gasteiger partial charge is 0.496 e. The van der Waals surface area contributed by atoms with E-state index in [1.807, 2.05) is 18.2 Å². The summed E-state index contributed by atoms with van der Waals surface area (Å²) in [6, 6.07) is 8.10.